The molecule has 1 aromatic rings. The van der Waals surface area contributed by atoms with Gasteiger partial charge in [0.1, 0.15) is 6.17 Å². The highest BCUT2D eigenvalue weighted by atomic mass is 32.2. The van der Waals surface area contributed by atoms with Gasteiger partial charge in [-0.25, -0.2) is 18.9 Å². The summed E-state index contributed by atoms with van der Waals surface area (Å²) >= 11 is 0. The molecule has 0 aromatic heterocycles. The second-order valence-electron chi connectivity index (χ2n) is 9.66. The van der Waals surface area contributed by atoms with E-state index in [-0.39, 0.29) is 41.0 Å². The quantitative estimate of drug-likeness (QED) is 0.516. The maximum absolute atomic E-state index is 13.1. The van der Waals surface area contributed by atoms with Crippen LogP contribution in [0.25, 0.3) is 0 Å². The minimum atomic E-state index is -3.61. The van der Waals surface area contributed by atoms with E-state index in [1.165, 1.54) is 4.31 Å². The van der Waals surface area contributed by atoms with Crippen molar-refractivity contribution in [1.29, 1.82) is 5.26 Å². The number of hydrogen-bond donors (Lipinski definition) is 3. The topological polar surface area (TPSA) is 127 Å². The Morgan fingerprint density at radius 2 is 2.03 bits per heavy atom. The van der Waals surface area contributed by atoms with Crippen LogP contribution in [0.15, 0.2) is 29.2 Å². The molecule has 4 fully saturated rings. The number of sulfonamides is 1. The van der Waals surface area contributed by atoms with E-state index in [4.69, 9.17) is 4.74 Å². The molecule has 5 rings (SSSR count). The number of carbonyl (C=O) groups excluding carboxylic acids is 1. The molecular formula is C23H32N6O4S. The first-order valence-corrected chi connectivity index (χ1v) is 13.5. The lowest BCUT2D eigenvalue weighted by Gasteiger charge is -2.34. The lowest BCUT2D eigenvalue weighted by molar-refractivity contribution is -0.128. The van der Waals surface area contributed by atoms with Crippen LogP contribution in [0.2, 0.25) is 0 Å². The third-order valence-electron chi connectivity index (χ3n) is 7.37. The molecule has 4 unspecified atom stereocenters. The normalized spacial score (nSPS) is 31.4. The molecular weight excluding hydrogens is 456 g/mol. The molecule has 0 spiro atoms. The number of hydrogen-bond acceptors (Lipinski definition) is 8. The lowest BCUT2D eigenvalue weighted by atomic mass is 9.90. The van der Waals surface area contributed by atoms with Crippen LogP contribution in [0, 0.1) is 23.2 Å². The number of amides is 1. The maximum Gasteiger partial charge on any atom is 0.243 e. The van der Waals surface area contributed by atoms with Gasteiger partial charge in [0, 0.05) is 36.9 Å². The van der Waals surface area contributed by atoms with Gasteiger partial charge in [-0.1, -0.05) is 0 Å². The molecule has 3 saturated heterocycles. The minimum Gasteiger partial charge on any atom is -0.378 e. The SMILES string of the molecule is CC1COCCN1S(=O)(=O)c1ccc(NC2NN([C@@H](CC#N)C3CC3)C3CCNC(=O)C23)cc1. The second kappa shape index (κ2) is 9.43. The molecule has 11 heteroatoms. The number of morpholine rings is 1. The van der Waals surface area contributed by atoms with Crippen LogP contribution in [-0.4, -0.2) is 74.2 Å². The van der Waals surface area contributed by atoms with Crippen molar-refractivity contribution in [3.8, 4) is 6.07 Å². The molecule has 1 aliphatic carbocycles. The fourth-order valence-corrected chi connectivity index (χ4v) is 7.08. The zero-order valence-corrected chi connectivity index (χ0v) is 20.1. The third-order valence-corrected chi connectivity index (χ3v) is 9.40. The maximum atomic E-state index is 13.1. The van der Waals surface area contributed by atoms with Crippen molar-refractivity contribution >= 4 is 21.6 Å². The minimum absolute atomic E-state index is 0.00393. The number of nitrogens with one attached hydrogen (secondary N) is 3. The van der Waals surface area contributed by atoms with E-state index in [1.54, 1.807) is 24.3 Å². The largest absolute Gasteiger partial charge is 0.378 e. The predicted octanol–water partition coefficient (Wildman–Crippen LogP) is 0.851. The molecule has 184 valence electrons. The summed E-state index contributed by atoms with van der Waals surface area (Å²) in [5.74, 6) is 0.186. The van der Waals surface area contributed by atoms with E-state index in [0.717, 1.165) is 24.9 Å². The highest BCUT2D eigenvalue weighted by Gasteiger charge is 2.51. The number of piperidine rings is 1. The van der Waals surface area contributed by atoms with Crippen molar-refractivity contribution in [3.05, 3.63) is 24.3 Å². The number of benzene rings is 1. The average molecular weight is 489 g/mol. The fraction of sp³-hybridized carbons (Fsp3) is 0.652. The van der Waals surface area contributed by atoms with Gasteiger partial charge >= 0.3 is 0 Å². The van der Waals surface area contributed by atoms with E-state index in [9.17, 15) is 18.5 Å². The van der Waals surface area contributed by atoms with Gasteiger partial charge in [0.05, 0.1) is 36.5 Å². The molecule has 1 saturated carbocycles. The summed E-state index contributed by atoms with van der Waals surface area (Å²) in [7, 11) is -3.61. The molecule has 3 N–H and O–H groups in total. The smallest absolute Gasteiger partial charge is 0.243 e. The van der Waals surface area contributed by atoms with Gasteiger partial charge in [0.25, 0.3) is 0 Å². The van der Waals surface area contributed by atoms with Crippen LogP contribution >= 0.6 is 0 Å². The van der Waals surface area contributed by atoms with Gasteiger partial charge in [-0.2, -0.15) is 9.57 Å². The van der Waals surface area contributed by atoms with Crippen molar-refractivity contribution in [1.82, 2.24) is 20.1 Å². The Morgan fingerprint density at radius 3 is 2.71 bits per heavy atom. The molecule has 34 heavy (non-hydrogen) atoms. The van der Waals surface area contributed by atoms with Crippen LogP contribution < -0.4 is 16.1 Å². The van der Waals surface area contributed by atoms with Gasteiger partial charge in [-0.15, -0.1) is 0 Å². The molecule has 5 atom stereocenters. The van der Waals surface area contributed by atoms with E-state index in [1.807, 2.05) is 6.92 Å². The number of rotatable bonds is 7. The van der Waals surface area contributed by atoms with E-state index in [2.05, 4.69) is 27.1 Å². The molecule has 3 heterocycles. The van der Waals surface area contributed by atoms with Gasteiger partial charge < -0.3 is 15.4 Å². The van der Waals surface area contributed by atoms with E-state index >= 15 is 0 Å². The first kappa shape index (κ1) is 23.5. The zero-order chi connectivity index (χ0) is 23.9. The number of nitriles is 1. The molecule has 0 radical (unpaired) electrons. The molecule has 10 nitrogen and oxygen atoms in total. The average Bonchev–Trinajstić information content (AvgIpc) is 3.60. The van der Waals surface area contributed by atoms with Crippen molar-refractivity contribution in [2.45, 2.75) is 61.8 Å². The summed E-state index contributed by atoms with van der Waals surface area (Å²) in [4.78, 5) is 13.0. The Hall–Kier alpha value is -2.23. The third kappa shape index (κ3) is 4.41. The Kier molecular flexibility index (Phi) is 6.52. The van der Waals surface area contributed by atoms with E-state index < -0.39 is 10.0 Å². The highest BCUT2D eigenvalue weighted by Crippen LogP contribution is 2.41. The molecule has 3 aliphatic heterocycles. The number of ether oxygens (including phenoxy) is 1. The molecule has 0 bridgehead atoms. The standard InChI is InChI=1S/C23H32N6O4S/c1-15-14-33-13-12-28(15)34(31,32)18-6-4-17(5-7-18)26-22-21-20(9-11-25-23(21)30)29(27-22)19(8-10-24)16-2-3-16/h4-7,15-16,19-22,26-27H,2-3,8-9,11-14H2,1H3,(H,25,30)/t15?,19-,20?,21?,22?/m0/s1. The Balaban J connectivity index is 1.33. The number of anilines is 1. The molecule has 4 aliphatic rings. The van der Waals surface area contributed by atoms with Crippen LogP contribution in [0.3, 0.4) is 0 Å². The summed E-state index contributed by atoms with van der Waals surface area (Å²) < 4.78 is 33.0. The first-order chi connectivity index (χ1) is 16.4. The monoisotopic (exact) mass is 488 g/mol. The zero-order valence-electron chi connectivity index (χ0n) is 19.3. The summed E-state index contributed by atoms with van der Waals surface area (Å²) in [6.07, 6.45) is 3.15. The number of nitrogens with zero attached hydrogens (tertiary/aromatic N) is 3. The Morgan fingerprint density at radius 1 is 1.26 bits per heavy atom. The Labute approximate surface area is 200 Å². The van der Waals surface area contributed by atoms with Crippen LogP contribution in [0.4, 0.5) is 5.69 Å². The van der Waals surface area contributed by atoms with Gasteiger partial charge in [-0.05, 0) is 56.4 Å². The first-order valence-electron chi connectivity index (χ1n) is 12.1. The lowest BCUT2D eigenvalue weighted by Crippen LogP contribution is -2.52. The van der Waals surface area contributed by atoms with Gasteiger partial charge in [-0.3, -0.25) is 4.79 Å². The highest BCUT2D eigenvalue weighted by molar-refractivity contribution is 7.89. The molecule has 1 aromatic carbocycles. The van der Waals surface area contributed by atoms with Crippen molar-refractivity contribution in [3.63, 3.8) is 0 Å². The van der Waals surface area contributed by atoms with Gasteiger partial charge in [0.15, 0.2) is 0 Å². The summed E-state index contributed by atoms with van der Waals surface area (Å²) in [6, 6.07) is 8.92. The number of carbonyl (C=O) groups is 1. The fourth-order valence-electron chi connectivity index (χ4n) is 5.48. The van der Waals surface area contributed by atoms with Crippen LogP contribution in [0.1, 0.15) is 32.6 Å². The molecule has 1 amide bonds. The van der Waals surface area contributed by atoms with Crippen LogP contribution in [-0.2, 0) is 19.6 Å². The second-order valence-corrected chi connectivity index (χ2v) is 11.6. The summed E-state index contributed by atoms with van der Waals surface area (Å²) in [5, 5.41) is 17.9. The van der Waals surface area contributed by atoms with Crippen LogP contribution in [0.5, 0.6) is 0 Å². The van der Waals surface area contributed by atoms with Crippen molar-refractivity contribution < 1.29 is 17.9 Å². The number of fused-ring (bicyclic) bond motifs is 1. The van der Waals surface area contributed by atoms with Crippen molar-refractivity contribution in [2.24, 2.45) is 11.8 Å². The van der Waals surface area contributed by atoms with Gasteiger partial charge in [0.2, 0.25) is 15.9 Å². The number of hydrazine groups is 1. The summed E-state index contributed by atoms with van der Waals surface area (Å²) in [5.41, 5.74) is 4.22. The Bertz CT molecular complexity index is 1050. The predicted molar refractivity (Wildman–Crippen MR) is 125 cm³/mol. The summed E-state index contributed by atoms with van der Waals surface area (Å²) in [6.45, 7) is 3.60. The van der Waals surface area contributed by atoms with Crippen molar-refractivity contribution in [2.75, 3.05) is 31.6 Å². The van der Waals surface area contributed by atoms with E-state index in [0.29, 0.717) is 38.6 Å².